The zero-order chi connectivity index (χ0) is 29.0. The minimum absolute atomic E-state index is 0.0127. The van der Waals surface area contributed by atoms with Gasteiger partial charge in [0.2, 0.25) is 0 Å². The van der Waals surface area contributed by atoms with Crippen molar-refractivity contribution < 1.29 is 0 Å². The highest BCUT2D eigenvalue weighted by Gasteiger charge is 2.35. The van der Waals surface area contributed by atoms with E-state index in [2.05, 4.69) is 172 Å². The fraction of sp³-hybridized carbons (Fsp3) is 0.0698. The Balaban J connectivity index is 1.44. The Morgan fingerprint density at radius 2 is 1.05 bits per heavy atom. The lowest BCUT2D eigenvalue weighted by molar-refractivity contribution is 0.660. The molecule has 0 N–H and O–H groups in total. The summed E-state index contributed by atoms with van der Waals surface area (Å²) in [7, 11) is 0. The van der Waals surface area contributed by atoms with Crippen LogP contribution in [-0.4, -0.2) is 0 Å². The van der Waals surface area contributed by atoms with Gasteiger partial charge in [-0.25, -0.2) is 0 Å². The average Bonchev–Trinajstić information content (AvgIpc) is 3.29. The third-order valence-electron chi connectivity index (χ3n) is 9.29. The van der Waals surface area contributed by atoms with Gasteiger partial charge in [0.25, 0.3) is 0 Å². The van der Waals surface area contributed by atoms with Gasteiger partial charge in [0.1, 0.15) is 0 Å². The largest absolute Gasteiger partial charge is 0.0622 e. The summed E-state index contributed by atoms with van der Waals surface area (Å²) < 4.78 is 0. The highest BCUT2D eigenvalue weighted by atomic mass is 14.4. The molecule has 0 aromatic heterocycles. The first-order valence-electron chi connectivity index (χ1n) is 15.1. The smallest absolute Gasteiger partial charge is 0.0158 e. The fourth-order valence-corrected chi connectivity index (χ4v) is 7.13. The molecule has 0 heteroatoms. The number of hydrogen-bond acceptors (Lipinski definition) is 0. The highest BCUT2D eigenvalue weighted by Crippen LogP contribution is 2.50. The van der Waals surface area contributed by atoms with Crippen molar-refractivity contribution in [1.29, 1.82) is 0 Å². The molecule has 0 saturated heterocycles. The van der Waals surface area contributed by atoms with Crippen molar-refractivity contribution in [2.45, 2.75) is 19.3 Å². The molecule has 0 heterocycles. The van der Waals surface area contributed by atoms with Crippen molar-refractivity contribution in [2.24, 2.45) is 0 Å². The molecule has 1 aliphatic carbocycles. The molecule has 1 aliphatic rings. The maximum atomic E-state index is 2.44. The summed E-state index contributed by atoms with van der Waals surface area (Å²) in [5.41, 5.74) is 13.0. The minimum Gasteiger partial charge on any atom is -0.0622 e. The third-order valence-corrected chi connectivity index (χ3v) is 9.29. The van der Waals surface area contributed by atoms with Crippen LogP contribution in [0.4, 0.5) is 0 Å². The Hall–Kier alpha value is -5.20. The molecule has 0 fully saturated rings. The Morgan fingerprint density at radius 3 is 1.86 bits per heavy atom. The van der Waals surface area contributed by atoms with Crippen LogP contribution in [0.5, 0.6) is 0 Å². The van der Waals surface area contributed by atoms with E-state index in [-0.39, 0.29) is 5.41 Å². The monoisotopic (exact) mass is 548 g/mol. The highest BCUT2D eigenvalue weighted by molar-refractivity contribution is 6.19. The van der Waals surface area contributed by atoms with Gasteiger partial charge in [-0.2, -0.15) is 0 Å². The predicted molar refractivity (Wildman–Crippen MR) is 185 cm³/mol. The molecule has 0 amide bonds. The first-order chi connectivity index (χ1) is 21.1. The van der Waals surface area contributed by atoms with E-state index in [4.69, 9.17) is 0 Å². The Bertz CT molecular complexity index is 2180. The lowest BCUT2D eigenvalue weighted by Crippen LogP contribution is -2.14. The predicted octanol–water partition coefficient (Wildman–Crippen LogP) is 11.8. The molecule has 0 radical (unpaired) electrons. The van der Waals surface area contributed by atoms with Crippen LogP contribution in [0, 0.1) is 0 Å². The summed E-state index contributed by atoms with van der Waals surface area (Å²) in [5.74, 6) is 0. The molecule has 0 spiro atoms. The Labute approximate surface area is 253 Å². The molecule has 0 aliphatic heterocycles. The van der Waals surface area contributed by atoms with Crippen LogP contribution in [0.1, 0.15) is 36.1 Å². The molecule has 8 rings (SSSR count). The topological polar surface area (TPSA) is 0 Å². The van der Waals surface area contributed by atoms with Crippen LogP contribution in [0.25, 0.3) is 67.1 Å². The average molecular weight is 549 g/mol. The zero-order valence-corrected chi connectivity index (χ0v) is 24.5. The number of hydrogen-bond donors (Lipinski definition) is 0. The van der Waals surface area contributed by atoms with Gasteiger partial charge in [0, 0.05) is 5.41 Å². The molecule has 0 atom stereocenters. The number of benzene rings is 7. The maximum Gasteiger partial charge on any atom is 0.0158 e. The first kappa shape index (κ1) is 25.5. The van der Waals surface area contributed by atoms with Crippen molar-refractivity contribution in [1.82, 2.24) is 0 Å². The summed E-state index contributed by atoms with van der Waals surface area (Å²) in [6, 6.07) is 53.3. The Kier molecular flexibility index (Phi) is 5.91. The van der Waals surface area contributed by atoms with Gasteiger partial charge in [-0.15, -0.1) is 0 Å². The standard InChI is InChI=1S/C43H32/c1-43(2)40-20-12-11-18-36(40)38-28-32(23-26-41(38)43)42-37-19-10-9-17-33(37)34(24-21-29-13-5-3-6-14-29)35-25-22-31(27-39(35)42)30-15-7-4-8-16-30/h3-28H,1-2H3/b24-21+. The lowest BCUT2D eigenvalue weighted by atomic mass is 9.81. The minimum atomic E-state index is -0.0127. The second-order valence-corrected chi connectivity index (χ2v) is 12.1. The van der Waals surface area contributed by atoms with Crippen molar-refractivity contribution in [2.75, 3.05) is 0 Å². The molecule has 204 valence electrons. The van der Waals surface area contributed by atoms with Crippen LogP contribution in [0.3, 0.4) is 0 Å². The zero-order valence-electron chi connectivity index (χ0n) is 24.5. The van der Waals surface area contributed by atoms with Gasteiger partial charge in [0.05, 0.1) is 0 Å². The molecule has 0 saturated carbocycles. The van der Waals surface area contributed by atoms with Crippen molar-refractivity contribution in [3.05, 3.63) is 168 Å². The molecular weight excluding hydrogens is 516 g/mol. The van der Waals surface area contributed by atoms with Gasteiger partial charge in [-0.1, -0.05) is 159 Å². The first-order valence-corrected chi connectivity index (χ1v) is 15.1. The molecule has 7 aromatic rings. The molecule has 43 heavy (non-hydrogen) atoms. The SMILES string of the molecule is CC1(C)c2ccccc2-c2cc(-c3c4ccccc4c(/C=C/c4ccccc4)c4ccc(-c5ccccc5)cc34)ccc21. The van der Waals surface area contributed by atoms with E-state index in [0.29, 0.717) is 0 Å². The second-order valence-electron chi connectivity index (χ2n) is 12.1. The Morgan fingerprint density at radius 1 is 0.419 bits per heavy atom. The molecule has 0 nitrogen and oxygen atoms in total. The van der Waals surface area contributed by atoms with Gasteiger partial charge in [-0.3, -0.25) is 0 Å². The summed E-state index contributed by atoms with van der Waals surface area (Å²) in [4.78, 5) is 0. The van der Waals surface area contributed by atoms with Crippen molar-refractivity contribution >= 4 is 33.7 Å². The van der Waals surface area contributed by atoms with E-state index in [1.165, 1.54) is 77.2 Å². The third kappa shape index (κ3) is 4.14. The normalized spacial score (nSPS) is 13.4. The molecule has 0 unspecified atom stereocenters. The fourth-order valence-electron chi connectivity index (χ4n) is 7.13. The van der Waals surface area contributed by atoms with E-state index < -0.39 is 0 Å². The number of rotatable bonds is 4. The van der Waals surface area contributed by atoms with E-state index in [0.717, 1.165) is 0 Å². The van der Waals surface area contributed by atoms with E-state index in [1.54, 1.807) is 0 Å². The summed E-state index contributed by atoms with van der Waals surface area (Å²) in [6.07, 6.45) is 4.54. The lowest BCUT2D eigenvalue weighted by Gasteiger charge is -2.22. The van der Waals surface area contributed by atoms with Crippen LogP contribution in [0.2, 0.25) is 0 Å². The second kappa shape index (κ2) is 9.96. The van der Waals surface area contributed by atoms with Crippen LogP contribution >= 0.6 is 0 Å². The van der Waals surface area contributed by atoms with E-state index in [9.17, 15) is 0 Å². The van der Waals surface area contributed by atoms with Gasteiger partial charge < -0.3 is 0 Å². The molecular formula is C43H32. The van der Waals surface area contributed by atoms with Crippen LogP contribution in [0.15, 0.2) is 146 Å². The summed E-state index contributed by atoms with van der Waals surface area (Å²) in [6.45, 7) is 4.70. The molecule has 0 bridgehead atoms. The van der Waals surface area contributed by atoms with Gasteiger partial charge >= 0.3 is 0 Å². The van der Waals surface area contributed by atoms with Crippen molar-refractivity contribution in [3.63, 3.8) is 0 Å². The quantitative estimate of drug-likeness (QED) is 0.152. The van der Waals surface area contributed by atoms with Crippen LogP contribution in [-0.2, 0) is 5.41 Å². The van der Waals surface area contributed by atoms with E-state index in [1.807, 2.05) is 0 Å². The van der Waals surface area contributed by atoms with Crippen molar-refractivity contribution in [3.8, 4) is 33.4 Å². The van der Waals surface area contributed by atoms with E-state index >= 15 is 0 Å². The molecule has 7 aromatic carbocycles. The van der Waals surface area contributed by atoms with Gasteiger partial charge in [-0.05, 0) is 89.3 Å². The van der Waals surface area contributed by atoms with Gasteiger partial charge in [0.15, 0.2) is 0 Å². The maximum absolute atomic E-state index is 2.44. The summed E-state index contributed by atoms with van der Waals surface area (Å²) >= 11 is 0. The van der Waals surface area contributed by atoms with Crippen LogP contribution < -0.4 is 0 Å². The number of fused-ring (bicyclic) bond motifs is 5. The summed E-state index contributed by atoms with van der Waals surface area (Å²) in [5, 5.41) is 5.09.